The van der Waals surface area contributed by atoms with Gasteiger partial charge in [0.25, 0.3) is 0 Å². The molecule has 1 N–H and O–H groups in total. The molecule has 0 aliphatic carbocycles. The van der Waals surface area contributed by atoms with Crippen LogP contribution in [0.5, 0.6) is 0 Å². The molecule has 110 valence electrons. The van der Waals surface area contributed by atoms with Crippen LogP contribution in [0, 0.1) is 0 Å². The molecule has 0 radical (unpaired) electrons. The molecule has 21 heavy (non-hydrogen) atoms. The quantitative estimate of drug-likeness (QED) is 0.781. The van der Waals surface area contributed by atoms with Crippen molar-refractivity contribution in [2.75, 3.05) is 0 Å². The number of fused-ring (bicyclic) bond motifs is 1. The first-order chi connectivity index (χ1) is 10.1. The minimum absolute atomic E-state index is 0.502. The van der Waals surface area contributed by atoms with Crippen molar-refractivity contribution < 1.29 is 0 Å². The Kier molecular flexibility index (Phi) is 3.75. The Morgan fingerprint density at radius 3 is 2.81 bits per heavy atom. The molecule has 0 aliphatic heterocycles. The lowest BCUT2D eigenvalue weighted by molar-refractivity contribution is 0.589. The second kappa shape index (κ2) is 5.69. The molecule has 3 aromatic rings. The van der Waals surface area contributed by atoms with E-state index in [1.165, 1.54) is 16.5 Å². The van der Waals surface area contributed by atoms with E-state index in [4.69, 9.17) is 0 Å². The third-order valence-corrected chi connectivity index (χ3v) is 3.53. The van der Waals surface area contributed by atoms with E-state index < -0.39 is 0 Å². The highest BCUT2D eigenvalue weighted by Gasteiger charge is 2.05. The van der Waals surface area contributed by atoms with Gasteiger partial charge in [-0.3, -0.25) is 4.68 Å². The molecular formula is C16H21N5. The lowest BCUT2D eigenvalue weighted by atomic mass is 10.1. The summed E-state index contributed by atoms with van der Waals surface area (Å²) in [5, 5.41) is 12.8. The van der Waals surface area contributed by atoms with Gasteiger partial charge in [-0.1, -0.05) is 25.1 Å². The second-order valence-corrected chi connectivity index (χ2v) is 5.76. The molecule has 0 atom stereocenters. The van der Waals surface area contributed by atoms with Crippen LogP contribution in [0.25, 0.3) is 10.9 Å². The Morgan fingerprint density at radius 2 is 2.10 bits per heavy atom. The van der Waals surface area contributed by atoms with Crippen molar-refractivity contribution in [3.8, 4) is 0 Å². The van der Waals surface area contributed by atoms with Crippen molar-refractivity contribution in [1.29, 1.82) is 0 Å². The van der Waals surface area contributed by atoms with E-state index in [2.05, 4.69) is 64.5 Å². The van der Waals surface area contributed by atoms with E-state index in [9.17, 15) is 0 Å². The van der Waals surface area contributed by atoms with Gasteiger partial charge in [-0.2, -0.15) is 0 Å². The van der Waals surface area contributed by atoms with Gasteiger partial charge >= 0.3 is 0 Å². The first kappa shape index (κ1) is 13.8. The van der Waals surface area contributed by atoms with E-state index in [1.807, 2.05) is 13.2 Å². The van der Waals surface area contributed by atoms with E-state index in [0.29, 0.717) is 6.04 Å². The monoisotopic (exact) mass is 283 g/mol. The topological polar surface area (TPSA) is 47.7 Å². The van der Waals surface area contributed by atoms with Gasteiger partial charge in [0.1, 0.15) is 5.69 Å². The number of nitrogens with one attached hydrogen (secondary N) is 1. The summed E-state index contributed by atoms with van der Waals surface area (Å²) in [5.41, 5.74) is 3.52. The maximum atomic E-state index is 4.15. The molecule has 0 fully saturated rings. The SMILES string of the molecule is CC(C)NCc1ccc2c(ccn2Cc2cn(C)nn2)c1. The predicted octanol–water partition coefficient (Wildman–Crippen LogP) is 2.32. The van der Waals surface area contributed by atoms with Gasteiger partial charge in [0.15, 0.2) is 0 Å². The molecular weight excluding hydrogens is 262 g/mol. The molecule has 0 bridgehead atoms. The van der Waals surface area contributed by atoms with Crippen LogP contribution in [0.2, 0.25) is 0 Å². The largest absolute Gasteiger partial charge is 0.341 e. The van der Waals surface area contributed by atoms with Crippen LogP contribution in [-0.2, 0) is 20.1 Å². The fourth-order valence-corrected chi connectivity index (χ4v) is 2.46. The lowest BCUT2D eigenvalue weighted by Gasteiger charge is -2.08. The minimum Gasteiger partial charge on any atom is -0.341 e. The Bertz CT molecular complexity index is 738. The van der Waals surface area contributed by atoms with E-state index >= 15 is 0 Å². The van der Waals surface area contributed by atoms with Crippen LogP contribution in [0.3, 0.4) is 0 Å². The second-order valence-electron chi connectivity index (χ2n) is 5.76. The maximum Gasteiger partial charge on any atom is 0.102 e. The van der Waals surface area contributed by atoms with Gasteiger partial charge in [0.05, 0.1) is 6.54 Å². The lowest BCUT2D eigenvalue weighted by Crippen LogP contribution is -2.21. The molecule has 1 aromatic carbocycles. The Hall–Kier alpha value is -2.14. The zero-order chi connectivity index (χ0) is 14.8. The molecule has 2 heterocycles. The van der Waals surface area contributed by atoms with Crippen molar-refractivity contribution in [3.05, 3.63) is 47.9 Å². The van der Waals surface area contributed by atoms with Crippen LogP contribution in [0.4, 0.5) is 0 Å². The van der Waals surface area contributed by atoms with Crippen LogP contribution >= 0.6 is 0 Å². The first-order valence-electron chi connectivity index (χ1n) is 7.28. The van der Waals surface area contributed by atoms with E-state index in [1.54, 1.807) is 4.68 Å². The molecule has 5 nitrogen and oxygen atoms in total. The molecule has 0 amide bonds. The van der Waals surface area contributed by atoms with Crippen molar-refractivity contribution in [2.24, 2.45) is 7.05 Å². The maximum absolute atomic E-state index is 4.15. The number of hydrogen-bond donors (Lipinski definition) is 1. The molecule has 5 heteroatoms. The molecule has 0 saturated carbocycles. The number of rotatable bonds is 5. The van der Waals surface area contributed by atoms with Crippen LogP contribution in [0.15, 0.2) is 36.7 Å². The summed E-state index contributed by atoms with van der Waals surface area (Å²) in [7, 11) is 1.89. The molecule has 2 aromatic heterocycles. The van der Waals surface area contributed by atoms with Gasteiger partial charge in [-0.15, -0.1) is 5.10 Å². The number of hydrogen-bond acceptors (Lipinski definition) is 3. The van der Waals surface area contributed by atoms with Gasteiger partial charge < -0.3 is 9.88 Å². The fraction of sp³-hybridized carbons (Fsp3) is 0.375. The van der Waals surface area contributed by atoms with Crippen LogP contribution < -0.4 is 5.32 Å². The molecule has 3 rings (SSSR count). The summed E-state index contributed by atoms with van der Waals surface area (Å²) in [6.07, 6.45) is 4.06. The molecule has 0 aliphatic rings. The van der Waals surface area contributed by atoms with Gasteiger partial charge in [-0.25, -0.2) is 0 Å². The summed E-state index contributed by atoms with van der Waals surface area (Å²) < 4.78 is 3.94. The van der Waals surface area contributed by atoms with Gasteiger partial charge in [0, 0.05) is 37.5 Å². The zero-order valence-corrected chi connectivity index (χ0v) is 12.7. The van der Waals surface area contributed by atoms with Crippen molar-refractivity contribution in [3.63, 3.8) is 0 Å². The summed E-state index contributed by atoms with van der Waals surface area (Å²) >= 11 is 0. The summed E-state index contributed by atoms with van der Waals surface area (Å²) in [6, 6.07) is 9.28. The molecule has 0 spiro atoms. The third-order valence-electron chi connectivity index (χ3n) is 3.53. The third kappa shape index (κ3) is 3.13. The molecule has 0 saturated heterocycles. The summed E-state index contributed by atoms with van der Waals surface area (Å²) in [6.45, 7) is 5.98. The van der Waals surface area contributed by atoms with Gasteiger partial charge in [-0.05, 0) is 29.1 Å². The van der Waals surface area contributed by atoms with Gasteiger partial charge in [0.2, 0.25) is 0 Å². The first-order valence-corrected chi connectivity index (χ1v) is 7.28. The highest BCUT2D eigenvalue weighted by atomic mass is 15.4. The normalized spacial score (nSPS) is 11.6. The molecule has 0 unspecified atom stereocenters. The Morgan fingerprint density at radius 1 is 1.24 bits per heavy atom. The standard InChI is InChI=1S/C16H21N5/c1-12(2)17-9-13-4-5-16-14(8-13)6-7-21(16)11-15-10-20(3)19-18-15/h4-8,10,12,17H,9,11H2,1-3H3. The smallest absolute Gasteiger partial charge is 0.102 e. The Labute approximate surface area is 124 Å². The van der Waals surface area contributed by atoms with Crippen molar-refractivity contribution in [1.82, 2.24) is 24.9 Å². The van der Waals surface area contributed by atoms with Crippen LogP contribution in [0.1, 0.15) is 25.1 Å². The number of aromatic nitrogens is 4. The summed E-state index contributed by atoms with van der Waals surface area (Å²) in [4.78, 5) is 0. The number of aryl methyl sites for hydroxylation is 1. The van der Waals surface area contributed by atoms with E-state index in [-0.39, 0.29) is 0 Å². The van der Waals surface area contributed by atoms with Crippen molar-refractivity contribution in [2.45, 2.75) is 33.0 Å². The zero-order valence-electron chi connectivity index (χ0n) is 12.7. The van der Waals surface area contributed by atoms with E-state index in [0.717, 1.165) is 18.8 Å². The average molecular weight is 283 g/mol. The summed E-state index contributed by atoms with van der Waals surface area (Å²) in [5.74, 6) is 0. The predicted molar refractivity (Wildman–Crippen MR) is 84.0 cm³/mol. The Balaban J connectivity index is 1.82. The average Bonchev–Trinajstić information content (AvgIpc) is 3.04. The fourth-order valence-electron chi connectivity index (χ4n) is 2.46. The number of benzene rings is 1. The minimum atomic E-state index is 0.502. The number of nitrogens with zero attached hydrogens (tertiary/aromatic N) is 4. The van der Waals surface area contributed by atoms with Crippen LogP contribution in [-0.4, -0.2) is 25.6 Å². The highest BCUT2D eigenvalue weighted by Crippen LogP contribution is 2.18. The highest BCUT2D eigenvalue weighted by molar-refractivity contribution is 5.81. The van der Waals surface area contributed by atoms with Crippen molar-refractivity contribution >= 4 is 10.9 Å².